The number of alkyl halides is 3. The van der Waals surface area contributed by atoms with Crippen LogP contribution in [0.25, 0.3) is 0 Å². The summed E-state index contributed by atoms with van der Waals surface area (Å²) < 4.78 is 63.4. The molecular weight excluding hydrogens is 375 g/mol. The van der Waals surface area contributed by atoms with Crippen LogP contribution in [0.2, 0.25) is 0 Å². The third-order valence-corrected chi connectivity index (χ3v) is 5.25. The number of piperidine rings is 1. The van der Waals surface area contributed by atoms with E-state index in [0.29, 0.717) is 31.3 Å². The molecule has 0 bridgehead atoms. The Morgan fingerprint density at radius 1 is 1.35 bits per heavy atom. The minimum absolute atomic E-state index is 0.0937. The number of likely N-dealkylation sites (tertiary alicyclic amines) is 1. The number of carbonyl (C=O) groups is 2. The van der Waals surface area contributed by atoms with E-state index in [9.17, 15) is 31.2 Å². The van der Waals surface area contributed by atoms with Gasteiger partial charge in [0.2, 0.25) is 11.8 Å². The zero-order chi connectivity index (χ0) is 19.5. The lowest BCUT2D eigenvalue weighted by Crippen LogP contribution is -2.44. The summed E-state index contributed by atoms with van der Waals surface area (Å²) in [5, 5.41) is -0.694. The lowest BCUT2D eigenvalue weighted by atomic mass is 10.1. The zero-order valence-electron chi connectivity index (χ0n) is 13.9. The molecule has 1 atom stereocenters. The van der Waals surface area contributed by atoms with Crippen LogP contribution >= 0.6 is 0 Å². The number of rotatable bonds is 5. The highest BCUT2D eigenvalue weighted by atomic mass is 32.2. The summed E-state index contributed by atoms with van der Waals surface area (Å²) in [5.41, 5.74) is -1.10. The molecule has 1 aromatic rings. The van der Waals surface area contributed by atoms with Crippen molar-refractivity contribution in [3.8, 4) is 0 Å². The van der Waals surface area contributed by atoms with Crippen molar-refractivity contribution >= 4 is 21.8 Å². The fourth-order valence-corrected chi connectivity index (χ4v) is 3.55. The molecule has 26 heavy (non-hydrogen) atoms. The number of aromatic nitrogens is 1. The Kier molecular flexibility index (Phi) is 5.89. The molecule has 0 saturated carbocycles. The molecule has 144 valence electrons. The second-order valence-electron chi connectivity index (χ2n) is 6.01. The number of halogens is 3. The minimum atomic E-state index is -4.64. The summed E-state index contributed by atoms with van der Waals surface area (Å²) in [4.78, 5) is 28.6. The monoisotopic (exact) mass is 393 g/mol. The standard InChI is InChI=1S/C15H18F3N3O4S/c1-10(21-7-3-2-4-14(21)23)8-12(22)20-26(24,25)13-6-5-11(9-19-13)15(16,17)18/h5-6,9-10H,2-4,7-8H2,1H3,(H,20,22). The van der Waals surface area contributed by atoms with Crippen molar-refractivity contribution in [3.05, 3.63) is 23.9 Å². The minimum Gasteiger partial charge on any atom is -0.339 e. The lowest BCUT2D eigenvalue weighted by molar-refractivity contribution is -0.138. The topological polar surface area (TPSA) is 96.4 Å². The molecule has 0 spiro atoms. The summed E-state index contributed by atoms with van der Waals surface area (Å²) in [6.07, 6.45) is -2.53. The van der Waals surface area contributed by atoms with Gasteiger partial charge in [-0.3, -0.25) is 9.59 Å². The average Bonchev–Trinajstić information content (AvgIpc) is 2.53. The van der Waals surface area contributed by atoms with E-state index in [2.05, 4.69) is 4.98 Å². The Hall–Kier alpha value is -2.17. The molecule has 11 heteroatoms. The van der Waals surface area contributed by atoms with Crippen molar-refractivity contribution in [1.82, 2.24) is 14.6 Å². The molecule has 0 aromatic carbocycles. The highest BCUT2D eigenvalue weighted by molar-refractivity contribution is 7.90. The molecule has 0 radical (unpaired) electrons. The van der Waals surface area contributed by atoms with Crippen molar-refractivity contribution in [2.75, 3.05) is 6.54 Å². The molecule has 2 rings (SSSR count). The number of nitrogens with one attached hydrogen (secondary N) is 1. The van der Waals surface area contributed by atoms with Crippen molar-refractivity contribution in [2.45, 2.75) is 49.9 Å². The second-order valence-corrected chi connectivity index (χ2v) is 7.64. The second kappa shape index (κ2) is 7.60. The predicted molar refractivity (Wildman–Crippen MR) is 84.2 cm³/mol. The van der Waals surface area contributed by atoms with Gasteiger partial charge in [0.05, 0.1) is 5.56 Å². The lowest BCUT2D eigenvalue weighted by Gasteiger charge is -2.32. The Bertz CT molecular complexity index is 778. The quantitative estimate of drug-likeness (QED) is 0.821. The Balaban J connectivity index is 2.01. The first-order valence-corrected chi connectivity index (χ1v) is 9.37. The fourth-order valence-electron chi connectivity index (χ4n) is 2.62. The number of hydrogen-bond acceptors (Lipinski definition) is 5. The molecule has 0 aliphatic carbocycles. The van der Waals surface area contributed by atoms with Crippen LogP contribution in [-0.2, 0) is 25.8 Å². The van der Waals surface area contributed by atoms with Gasteiger partial charge >= 0.3 is 6.18 Å². The fraction of sp³-hybridized carbons (Fsp3) is 0.533. The van der Waals surface area contributed by atoms with Gasteiger partial charge in [-0.15, -0.1) is 0 Å². The van der Waals surface area contributed by atoms with E-state index in [-0.39, 0.29) is 12.3 Å². The van der Waals surface area contributed by atoms with Gasteiger partial charge in [-0.05, 0) is 31.9 Å². The molecule has 7 nitrogen and oxygen atoms in total. The number of amides is 2. The number of sulfonamides is 1. The Morgan fingerprint density at radius 2 is 2.04 bits per heavy atom. The van der Waals surface area contributed by atoms with Gasteiger partial charge in [0.25, 0.3) is 10.0 Å². The largest absolute Gasteiger partial charge is 0.417 e. The van der Waals surface area contributed by atoms with Gasteiger partial charge in [-0.25, -0.2) is 9.71 Å². The summed E-state index contributed by atoms with van der Waals surface area (Å²) in [5.74, 6) is -0.957. The molecule has 2 heterocycles. The average molecular weight is 393 g/mol. The maximum absolute atomic E-state index is 12.5. The van der Waals surface area contributed by atoms with Gasteiger partial charge in [0.1, 0.15) is 0 Å². The van der Waals surface area contributed by atoms with E-state index in [4.69, 9.17) is 0 Å². The molecule has 1 N–H and O–H groups in total. The molecule has 1 unspecified atom stereocenters. The van der Waals surface area contributed by atoms with Crippen molar-refractivity contribution in [2.24, 2.45) is 0 Å². The first-order chi connectivity index (χ1) is 12.0. The van der Waals surface area contributed by atoms with Crippen LogP contribution in [0.3, 0.4) is 0 Å². The highest BCUT2D eigenvalue weighted by Crippen LogP contribution is 2.28. The number of carbonyl (C=O) groups excluding carboxylic acids is 2. The summed E-state index contributed by atoms with van der Waals surface area (Å²) >= 11 is 0. The molecule has 1 aromatic heterocycles. The molecule has 1 fully saturated rings. The smallest absolute Gasteiger partial charge is 0.339 e. The number of nitrogens with zero attached hydrogens (tertiary/aromatic N) is 2. The van der Waals surface area contributed by atoms with Crippen LogP contribution in [-0.4, -0.2) is 42.7 Å². The van der Waals surface area contributed by atoms with Crippen LogP contribution in [0, 0.1) is 0 Å². The molecular formula is C15H18F3N3O4S. The SMILES string of the molecule is CC(CC(=O)NS(=O)(=O)c1ccc(C(F)(F)F)cn1)N1CCCCC1=O. The summed E-state index contributed by atoms with van der Waals surface area (Å²) in [6, 6.07) is 0.760. The van der Waals surface area contributed by atoms with Crippen molar-refractivity contribution < 1.29 is 31.2 Å². The van der Waals surface area contributed by atoms with Gasteiger partial charge < -0.3 is 4.90 Å². The van der Waals surface area contributed by atoms with E-state index < -0.39 is 38.7 Å². The Labute approximate surface area is 148 Å². The van der Waals surface area contributed by atoms with Crippen LogP contribution in [0.5, 0.6) is 0 Å². The predicted octanol–water partition coefficient (Wildman–Crippen LogP) is 1.70. The van der Waals surface area contributed by atoms with Crippen LogP contribution in [0.15, 0.2) is 23.4 Å². The molecule has 1 aliphatic heterocycles. The third-order valence-electron chi connectivity index (χ3n) is 3.96. The maximum atomic E-state index is 12.5. The van der Waals surface area contributed by atoms with E-state index in [1.165, 1.54) is 4.90 Å². The number of pyridine rings is 1. The van der Waals surface area contributed by atoms with Gasteiger partial charge in [0, 0.05) is 31.6 Å². The van der Waals surface area contributed by atoms with Crippen molar-refractivity contribution in [1.29, 1.82) is 0 Å². The van der Waals surface area contributed by atoms with Crippen LogP contribution < -0.4 is 4.72 Å². The van der Waals surface area contributed by atoms with E-state index in [1.54, 1.807) is 11.6 Å². The zero-order valence-corrected chi connectivity index (χ0v) is 14.7. The van der Waals surface area contributed by atoms with E-state index in [0.717, 1.165) is 12.8 Å². The van der Waals surface area contributed by atoms with Gasteiger partial charge in [-0.1, -0.05) is 0 Å². The van der Waals surface area contributed by atoms with E-state index in [1.807, 2.05) is 0 Å². The summed E-state index contributed by atoms with van der Waals surface area (Å²) in [6.45, 7) is 2.13. The highest BCUT2D eigenvalue weighted by Gasteiger charge is 2.32. The first-order valence-electron chi connectivity index (χ1n) is 7.89. The van der Waals surface area contributed by atoms with Crippen LogP contribution in [0.1, 0.15) is 38.2 Å². The first kappa shape index (κ1) is 20.1. The summed E-state index contributed by atoms with van der Waals surface area (Å²) in [7, 11) is -4.39. The van der Waals surface area contributed by atoms with Crippen molar-refractivity contribution in [3.63, 3.8) is 0 Å². The van der Waals surface area contributed by atoms with E-state index >= 15 is 0 Å². The van der Waals surface area contributed by atoms with Crippen LogP contribution in [0.4, 0.5) is 13.2 Å². The molecule has 1 aliphatic rings. The Morgan fingerprint density at radius 3 is 2.58 bits per heavy atom. The number of hydrogen-bond donors (Lipinski definition) is 1. The molecule has 1 saturated heterocycles. The third kappa shape index (κ3) is 4.93. The maximum Gasteiger partial charge on any atom is 0.417 e. The van der Waals surface area contributed by atoms with Gasteiger partial charge in [-0.2, -0.15) is 21.6 Å². The molecule has 2 amide bonds. The van der Waals surface area contributed by atoms with Gasteiger partial charge in [0.15, 0.2) is 5.03 Å². The normalized spacial score (nSPS) is 17.1.